The Morgan fingerprint density at radius 3 is 2.58 bits per heavy atom. The van der Waals surface area contributed by atoms with Gasteiger partial charge in [0.15, 0.2) is 0 Å². The summed E-state index contributed by atoms with van der Waals surface area (Å²) in [6, 6.07) is 0. The van der Waals surface area contributed by atoms with Crippen molar-refractivity contribution in [2.24, 2.45) is 11.3 Å². The van der Waals surface area contributed by atoms with E-state index in [2.05, 4.69) is 17.5 Å². The quantitative estimate of drug-likeness (QED) is 0.750. The molecule has 19 heavy (non-hydrogen) atoms. The number of allylic oxidation sites excluding steroid dienone is 2. The maximum Gasteiger partial charge on any atom is 0.310 e. The molecule has 0 aromatic carbocycles. The molecule has 2 rings (SSSR count). The standard InChI is InChI=1S/C15H23NO3/c17-13(16-11-12-6-2-1-3-7-12)10-15(14(18)19)8-4-5-9-15/h1-2,12H,3-11H2,(H,16,17)(H,18,19). The van der Waals surface area contributed by atoms with Crippen molar-refractivity contribution in [1.82, 2.24) is 5.32 Å². The van der Waals surface area contributed by atoms with Crippen LogP contribution in [-0.2, 0) is 9.59 Å². The molecule has 0 heterocycles. The average molecular weight is 265 g/mol. The lowest BCUT2D eigenvalue weighted by Gasteiger charge is -2.24. The molecule has 2 N–H and O–H groups in total. The normalized spacial score (nSPS) is 25.2. The van der Waals surface area contributed by atoms with Crippen LogP contribution in [-0.4, -0.2) is 23.5 Å². The number of carbonyl (C=O) groups excluding carboxylic acids is 1. The Morgan fingerprint density at radius 1 is 1.26 bits per heavy atom. The van der Waals surface area contributed by atoms with Gasteiger partial charge < -0.3 is 10.4 Å². The molecule has 1 atom stereocenters. The van der Waals surface area contributed by atoms with E-state index in [1.807, 2.05) is 0 Å². The zero-order valence-electron chi connectivity index (χ0n) is 11.4. The third-order valence-corrected chi connectivity index (χ3v) is 4.48. The van der Waals surface area contributed by atoms with Crippen LogP contribution >= 0.6 is 0 Å². The Labute approximate surface area is 114 Å². The van der Waals surface area contributed by atoms with E-state index in [0.29, 0.717) is 25.3 Å². The van der Waals surface area contributed by atoms with Crippen LogP contribution in [0.25, 0.3) is 0 Å². The van der Waals surface area contributed by atoms with Crippen molar-refractivity contribution in [2.75, 3.05) is 6.54 Å². The second kappa shape index (κ2) is 6.22. The summed E-state index contributed by atoms with van der Waals surface area (Å²) in [7, 11) is 0. The van der Waals surface area contributed by atoms with Crippen molar-refractivity contribution < 1.29 is 14.7 Å². The van der Waals surface area contributed by atoms with Gasteiger partial charge in [0, 0.05) is 13.0 Å². The fourth-order valence-electron chi connectivity index (χ4n) is 3.19. The highest BCUT2D eigenvalue weighted by molar-refractivity contribution is 5.85. The molecule has 0 radical (unpaired) electrons. The van der Waals surface area contributed by atoms with Crippen molar-refractivity contribution in [2.45, 2.75) is 51.4 Å². The van der Waals surface area contributed by atoms with Crippen LogP contribution in [0.5, 0.6) is 0 Å². The smallest absolute Gasteiger partial charge is 0.310 e. The first-order chi connectivity index (χ1) is 9.12. The van der Waals surface area contributed by atoms with Crippen molar-refractivity contribution in [3.63, 3.8) is 0 Å². The van der Waals surface area contributed by atoms with E-state index in [4.69, 9.17) is 0 Å². The summed E-state index contributed by atoms with van der Waals surface area (Å²) in [4.78, 5) is 23.3. The van der Waals surface area contributed by atoms with E-state index in [-0.39, 0.29) is 12.3 Å². The Morgan fingerprint density at radius 2 is 2.00 bits per heavy atom. The van der Waals surface area contributed by atoms with Crippen LogP contribution in [0.1, 0.15) is 51.4 Å². The van der Waals surface area contributed by atoms with Gasteiger partial charge >= 0.3 is 5.97 Å². The van der Waals surface area contributed by atoms with E-state index >= 15 is 0 Å². The van der Waals surface area contributed by atoms with Crippen molar-refractivity contribution in [3.05, 3.63) is 12.2 Å². The second-order valence-corrected chi connectivity index (χ2v) is 5.92. The number of aliphatic carboxylic acids is 1. The molecule has 0 spiro atoms. The molecule has 0 bridgehead atoms. The fourth-order valence-corrected chi connectivity index (χ4v) is 3.19. The minimum atomic E-state index is -0.805. The van der Waals surface area contributed by atoms with Gasteiger partial charge in [-0.1, -0.05) is 25.0 Å². The SMILES string of the molecule is O=C(CC1(C(=O)O)CCCC1)NCC1CC=CCC1. The third kappa shape index (κ3) is 3.58. The van der Waals surface area contributed by atoms with Crippen LogP contribution in [0.3, 0.4) is 0 Å². The van der Waals surface area contributed by atoms with E-state index in [0.717, 1.165) is 32.1 Å². The van der Waals surface area contributed by atoms with E-state index in [1.165, 1.54) is 0 Å². The fraction of sp³-hybridized carbons (Fsp3) is 0.733. The van der Waals surface area contributed by atoms with Gasteiger partial charge in [-0.05, 0) is 38.0 Å². The number of nitrogens with one attached hydrogen (secondary N) is 1. The van der Waals surface area contributed by atoms with Gasteiger partial charge in [-0.25, -0.2) is 0 Å². The molecule has 106 valence electrons. The molecule has 0 saturated heterocycles. The summed E-state index contributed by atoms with van der Waals surface area (Å²) in [6.45, 7) is 0.679. The maximum atomic E-state index is 12.0. The molecule has 0 aromatic rings. The Kier molecular flexibility index (Phi) is 4.61. The molecule has 1 saturated carbocycles. The van der Waals surface area contributed by atoms with Gasteiger partial charge in [0.25, 0.3) is 0 Å². The van der Waals surface area contributed by atoms with Crippen molar-refractivity contribution in [3.8, 4) is 0 Å². The summed E-state index contributed by atoms with van der Waals surface area (Å²) in [5.74, 6) is -0.391. The minimum Gasteiger partial charge on any atom is -0.481 e. The van der Waals surface area contributed by atoms with Crippen molar-refractivity contribution in [1.29, 1.82) is 0 Å². The zero-order valence-corrected chi connectivity index (χ0v) is 11.4. The lowest BCUT2D eigenvalue weighted by molar-refractivity contribution is -0.151. The molecule has 0 aliphatic heterocycles. The molecule has 4 nitrogen and oxygen atoms in total. The molecule has 4 heteroatoms. The predicted octanol–water partition coefficient (Wildman–Crippen LogP) is 2.49. The van der Waals surface area contributed by atoms with Gasteiger partial charge in [0.1, 0.15) is 0 Å². The van der Waals surface area contributed by atoms with Gasteiger partial charge in [-0.15, -0.1) is 0 Å². The third-order valence-electron chi connectivity index (χ3n) is 4.48. The molecule has 1 fully saturated rings. The largest absolute Gasteiger partial charge is 0.481 e. The lowest BCUT2D eigenvalue weighted by atomic mass is 9.82. The monoisotopic (exact) mass is 265 g/mol. The minimum absolute atomic E-state index is 0.0983. The molecular formula is C15H23NO3. The molecule has 2 aliphatic carbocycles. The molecule has 0 aromatic heterocycles. The van der Waals surface area contributed by atoms with Gasteiger partial charge in [0.05, 0.1) is 5.41 Å². The number of rotatable bonds is 5. The predicted molar refractivity (Wildman–Crippen MR) is 72.6 cm³/mol. The van der Waals surface area contributed by atoms with E-state index < -0.39 is 11.4 Å². The number of hydrogen-bond acceptors (Lipinski definition) is 2. The van der Waals surface area contributed by atoms with Crippen LogP contribution in [0.4, 0.5) is 0 Å². The molecule has 2 aliphatic rings. The van der Waals surface area contributed by atoms with Gasteiger partial charge in [0.2, 0.25) is 5.91 Å². The molecular weight excluding hydrogens is 242 g/mol. The topological polar surface area (TPSA) is 66.4 Å². The van der Waals surface area contributed by atoms with Crippen LogP contribution < -0.4 is 5.32 Å². The van der Waals surface area contributed by atoms with Crippen LogP contribution in [0.15, 0.2) is 12.2 Å². The first-order valence-electron chi connectivity index (χ1n) is 7.27. The first-order valence-corrected chi connectivity index (χ1v) is 7.27. The molecule has 1 unspecified atom stereocenters. The Hall–Kier alpha value is -1.32. The van der Waals surface area contributed by atoms with E-state index in [9.17, 15) is 14.7 Å². The summed E-state index contributed by atoms with van der Waals surface area (Å²) in [5.41, 5.74) is -0.795. The van der Waals surface area contributed by atoms with Gasteiger partial charge in [-0.2, -0.15) is 0 Å². The Bertz CT molecular complexity index is 370. The highest BCUT2D eigenvalue weighted by Crippen LogP contribution is 2.41. The number of carbonyl (C=O) groups is 2. The lowest BCUT2D eigenvalue weighted by Crippen LogP contribution is -2.37. The number of hydrogen-bond donors (Lipinski definition) is 2. The summed E-state index contributed by atoms with van der Waals surface area (Å²) in [6.07, 6.45) is 10.8. The zero-order chi connectivity index (χ0) is 13.7. The summed E-state index contributed by atoms with van der Waals surface area (Å²) >= 11 is 0. The van der Waals surface area contributed by atoms with Crippen molar-refractivity contribution >= 4 is 11.9 Å². The molecule has 1 amide bonds. The maximum absolute atomic E-state index is 12.0. The highest BCUT2D eigenvalue weighted by atomic mass is 16.4. The first kappa shape index (κ1) is 14.1. The Balaban J connectivity index is 1.79. The second-order valence-electron chi connectivity index (χ2n) is 5.92. The number of carboxylic acid groups (broad SMARTS) is 1. The number of amides is 1. The highest BCUT2D eigenvalue weighted by Gasteiger charge is 2.42. The summed E-state index contributed by atoms with van der Waals surface area (Å²) in [5, 5.41) is 12.3. The summed E-state index contributed by atoms with van der Waals surface area (Å²) < 4.78 is 0. The van der Waals surface area contributed by atoms with Crippen LogP contribution in [0.2, 0.25) is 0 Å². The average Bonchev–Trinajstić information content (AvgIpc) is 2.87. The van der Waals surface area contributed by atoms with Gasteiger partial charge in [-0.3, -0.25) is 9.59 Å². The number of carboxylic acids is 1. The van der Waals surface area contributed by atoms with E-state index in [1.54, 1.807) is 0 Å². The van der Waals surface area contributed by atoms with Crippen LogP contribution in [0, 0.1) is 11.3 Å².